The highest BCUT2D eigenvalue weighted by molar-refractivity contribution is 7.23. The number of carbonyl (C=O) groups is 2. The second-order valence-corrected chi connectivity index (χ2v) is 14.1. The van der Waals surface area contributed by atoms with Crippen LogP contribution in [-0.2, 0) is 10.3 Å². The summed E-state index contributed by atoms with van der Waals surface area (Å²) in [6, 6.07) is 10.1. The van der Waals surface area contributed by atoms with Crippen molar-refractivity contribution in [2.45, 2.75) is 63.8 Å². The molecule has 0 saturated carbocycles. The zero-order valence-electron chi connectivity index (χ0n) is 25.8. The molecule has 4 heterocycles. The number of ether oxygens (including phenoxy) is 1. The molecule has 2 fully saturated rings. The second-order valence-electron chi connectivity index (χ2n) is 13.1. The van der Waals surface area contributed by atoms with E-state index in [1.165, 1.54) is 22.3 Å². The van der Waals surface area contributed by atoms with Crippen LogP contribution >= 0.6 is 11.3 Å². The Labute approximate surface area is 264 Å². The lowest BCUT2D eigenvalue weighted by Crippen LogP contribution is -2.38. The lowest BCUT2D eigenvalue weighted by molar-refractivity contribution is 0.0139. The zero-order chi connectivity index (χ0) is 31.9. The number of rotatable bonds is 7. The van der Waals surface area contributed by atoms with Gasteiger partial charge in [0.1, 0.15) is 23.2 Å². The fourth-order valence-corrected chi connectivity index (χ4v) is 7.07. The first-order valence-corrected chi connectivity index (χ1v) is 16.3. The van der Waals surface area contributed by atoms with Gasteiger partial charge in [0.15, 0.2) is 4.96 Å². The number of carbonyl (C=O) groups excluding carboxylic acids is 2. The van der Waals surface area contributed by atoms with E-state index in [0.29, 0.717) is 53.3 Å². The molecule has 1 unspecified atom stereocenters. The molecule has 4 aromatic rings. The van der Waals surface area contributed by atoms with Crippen LogP contribution in [0.1, 0.15) is 62.4 Å². The molecule has 0 spiro atoms. The van der Waals surface area contributed by atoms with Gasteiger partial charge in [-0.25, -0.2) is 18.6 Å². The third kappa shape index (κ3) is 6.83. The zero-order valence-corrected chi connectivity index (χ0v) is 26.6. The van der Waals surface area contributed by atoms with Crippen molar-refractivity contribution in [3.8, 4) is 11.3 Å². The summed E-state index contributed by atoms with van der Waals surface area (Å²) in [6.45, 7) is 8.61. The third-order valence-electron chi connectivity index (χ3n) is 8.49. The molecule has 0 bridgehead atoms. The number of imidazole rings is 1. The molecule has 2 N–H and O–H groups in total. The van der Waals surface area contributed by atoms with Crippen molar-refractivity contribution in [3.63, 3.8) is 0 Å². The van der Waals surface area contributed by atoms with E-state index in [1.54, 1.807) is 45.2 Å². The fraction of sp³-hybridized carbons (Fsp3) is 0.485. The van der Waals surface area contributed by atoms with Crippen molar-refractivity contribution in [1.82, 2.24) is 24.5 Å². The number of nitrogens with one attached hydrogen (secondary N) is 1. The topological polar surface area (TPSA) is 99.4 Å². The number of β-amino-alcohol motifs (C(OH)–C–C–N with tert-alkyl or cyclic N) is 1. The van der Waals surface area contributed by atoms with Crippen LogP contribution in [0.15, 0.2) is 42.6 Å². The summed E-state index contributed by atoms with van der Waals surface area (Å²) in [5.41, 5.74) is 0.552. The summed E-state index contributed by atoms with van der Waals surface area (Å²) < 4.78 is 37.0. The van der Waals surface area contributed by atoms with Gasteiger partial charge in [-0.15, -0.1) is 0 Å². The van der Waals surface area contributed by atoms with Gasteiger partial charge in [0.2, 0.25) is 0 Å². The van der Waals surface area contributed by atoms with Gasteiger partial charge in [0.25, 0.3) is 5.91 Å². The predicted molar refractivity (Wildman–Crippen MR) is 170 cm³/mol. The van der Waals surface area contributed by atoms with E-state index in [9.17, 15) is 19.1 Å². The van der Waals surface area contributed by atoms with Crippen LogP contribution in [0.4, 0.5) is 13.6 Å². The van der Waals surface area contributed by atoms with Crippen LogP contribution in [0.25, 0.3) is 26.4 Å². The van der Waals surface area contributed by atoms with E-state index in [0.717, 1.165) is 36.3 Å². The molecule has 2 amide bonds. The minimum absolute atomic E-state index is 0.0213. The number of halogens is 2. The number of thiazole rings is 1. The van der Waals surface area contributed by atoms with Crippen LogP contribution < -0.4 is 5.32 Å². The quantitative estimate of drug-likeness (QED) is 0.251. The summed E-state index contributed by atoms with van der Waals surface area (Å²) >= 11 is 1.41. The van der Waals surface area contributed by atoms with Crippen molar-refractivity contribution in [2.75, 3.05) is 39.3 Å². The number of likely N-dealkylation sites (tertiary alicyclic amines) is 2. The molecule has 2 aromatic heterocycles. The first kappa shape index (κ1) is 31.4. The number of alkyl halides is 1. The maximum atomic E-state index is 15.5. The Hall–Kier alpha value is -3.61. The lowest BCUT2D eigenvalue weighted by Gasteiger charge is -2.28. The fourth-order valence-electron chi connectivity index (χ4n) is 6.03. The van der Waals surface area contributed by atoms with E-state index in [4.69, 9.17) is 4.74 Å². The average Bonchev–Trinajstić information content (AvgIpc) is 3.68. The van der Waals surface area contributed by atoms with Gasteiger partial charge < -0.3 is 25.0 Å². The number of nitrogens with zero attached hydrogens (tertiary/aromatic N) is 4. The highest BCUT2D eigenvalue weighted by atomic mass is 32.1. The van der Waals surface area contributed by atoms with Crippen LogP contribution in [-0.4, -0.2) is 87.3 Å². The molecule has 9 nitrogen and oxygen atoms in total. The maximum absolute atomic E-state index is 15.5. The highest BCUT2D eigenvalue weighted by Gasteiger charge is 2.41. The Kier molecular flexibility index (Phi) is 8.57. The largest absolute Gasteiger partial charge is 0.444 e. The first-order valence-electron chi connectivity index (χ1n) is 15.5. The van der Waals surface area contributed by atoms with Crippen molar-refractivity contribution in [2.24, 2.45) is 0 Å². The van der Waals surface area contributed by atoms with E-state index < -0.39 is 29.3 Å². The standard InChI is InChI=1S/C33H39F2N5O4S/c1-32(2,3)44-31(42)39-16-11-33(43,20-39)22-6-7-24(25(35)18-22)26-19-40-27-8-5-21(17-28(27)45-30(40)37-26)29(41)36-12-4-13-38-14-9-23(34)10-15-38/h5-8,17-19,23,43H,4,9-16,20H2,1-3H3,(H,36,41). The summed E-state index contributed by atoms with van der Waals surface area (Å²) in [5.74, 6) is -0.663. The first-order chi connectivity index (χ1) is 21.4. The number of aliphatic hydroxyl groups is 1. The molecule has 2 aliphatic heterocycles. The molecule has 0 aliphatic carbocycles. The van der Waals surface area contributed by atoms with E-state index in [2.05, 4.69) is 15.2 Å². The Balaban J connectivity index is 1.11. The van der Waals surface area contributed by atoms with Gasteiger partial charge >= 0.3 is 6.09 Å². The van der Waals surface area contributed by atoms with Crippen LogP contribution in [0.5, 0.6) is 0 Å². The Morgan fingerprint density at radius 2 is 1.93 bits per heavy atom. The Morgan fingerprint density at radius 1 is 1.16 bits per heavy atom. The highest BCUT2D eigenvalue weighted by Crippen LogP contribution is 2.36. The number of benzene rings is 2. The van der Waals surface area contributed by atoms with E-state index >= 15 is 4.39 Å². The van der Waals surface area contributed by atoms with Crippen LogP contribution in [0.3, 0.4) is 0 Å². The smallest absolute Gasteiger partial charge is 0.410 e. The van der Waals surface area contributed by atoms with Gasteiger partial charge in [-0.1, -0.05) is 17.4 Å². The lowest BCUT2D eigenvalue weighted by atomic mass is 9.92. The molecule has 2 saturated heterocycles. The average molecular weight is 640 g/mol. The monoisotopic (exact) mass is 639 g/mol. The summed E-state index contributed by atoms with van der Waals surface area (Å²) in [6.07, 6.45) is 2.83. The van der Waals surface area contributed by atoms with Crippen molar-refractivity contribution >= 4 is 38.5 Å². The predicted octanol–water partition coefficient (Wildman–Crippen LogP) is 5.74. The van der Waals surface area contributed by atoms with Gasteiger partial charge in [0, 0.05) is 43.5 Å². The van der Waals surface area contributed by atoms with Crippen molar-refractivity contribution in [3.05, 3.63) is 59.5 Å². The Bertz CT molecular complexity index is 1730. The number of hydrogen-bond acceptors (Lipinski definition) is 7. The molecule has 240 valence electrons. The Morgan fingerprint density at radius 3 is 2.67 bits per heavy atom. The number of aromatic nitrogens is 2. The molecule has 12 heteroatoms. The van der Waals surface area contributed by atoms with Gasteiger partial charge in [0.05, 0.1) is 22.5 Å². The van der Waals surface area contributed by atoms with Gasteiger partial charge in [-0.3, -0.25) is 9.20 Å². The van der Waals surface area contributed by atoms with Crippen molar-refractivity contribution < 1.29 is 28.2 Å². The number of fused-ring (bicyclic) bond motifs is 3. The summed E-state index contributed by atoms with van der Waals surface area (Å²) in [5, 5.41) is 14.3. The molecular weight excluding hydrogens is 600 g/mol. The van der Waals surface area contributed by atoms with Gasteiger partial charge in [-0.05, 0) is 88.9 Å². The molecule has 6 rings (SSSR count). The van der Waals surface area contributed by atoms with E-state index in [1.807, 2.05) is 16.5 Å². The SMILES string of the molecule is CC(C)(C)OC(=O)N1CCC(O)(c2ccc(-c3cn4c(n3)sc3cc(C(=O)NCCCN5CCC(F)CC5)ccc34)c(F)c2)C1. The molecular formula is C33H39F2N5O4S. The molecule has 2 aromatic carbocycles. The van der Waals surface area contributed by atoms with Crippen LogP contribution in [0, 0.1) is 5.82 Å². The summed E-state index contributed by atoms with van der Waals surface area (Å²) in [7, 11) is 0. The molecule has 2 aliphatic rings. The maximum Gasteiger partial charge on any atom is 0.410 e. The minimum Gasteiger partial charge on any atom is -0.444 e. The third-order valence-corrected chi connectivity index (χ3v) is 9.51. The van der Waals surface area contributed by atoms with E-state index in [-0.39, 0.29) is 18.9 Å². The molecule has 0 radical (unpaired) electrons. The number of piperidine rings is 1. The minimum atomic E-state index is -1.38. The normalized spacial score (nSPS) is 19.9. The molecule has 45 heavy (non-hydrogen) atoms. The number of hydrogen-bond donors (Lipinski definition) is 2. The number of amides is 2. The van der Waals surface area contributed by atoms with Crippen molar-refractivity contribution in [1.29, 1.82) is 0 Å². The van der Waals surface area contributed by atoms with Gasteiger partial charge in [-0.2, -0.15) is 0 Å². The molecule has 1 atom stereocenters. The van der Waals surface area contributed by atoms with Crippen LogP contribution in [0.2, 0.25) is 0 Å². The second kappa shape index (κ2) is 12.3. The summed E-state index contributed by atoms with van der Waals surface area (Å²) in [4.78, 5) is 34.3.